The van der Waals surface area contributed by atoms with Crippen LogP contribution in [0.25, 0.3) is 10.4 Å². The van der Waals surface area contributed by atoms with Gasteiger partial charge in [0.15, 0.2) is 5.78 Å². The number of nitrogens with zero attached hydrogens (tertiary/aromatic N) is 3. The van der Waals surface area contributed by atoms with Gasteiger partial charge in [0.05, 0.1) is 22.9 Å². The Morgan fingerprint density at radius 1 is 1.22 bits per heavy atom. The summed E-state index contributed by atoms with van der Waals surface area (Å²) in [6, 6.07) is -0.407. The molecule has 11 heteroatoms. The van der Waals surface area contributed by atoms with Crippen LogP contribution in [0.1, 0.15) is 50.0 Å². The van der Waals surface area contributed by atoms with Gasteiger partial charge in [-0.3, -0.25) is 18.8 Å². The van der Waals surface area contributed by atoms with Crippen molar-refractivity contribution in [3.05, 3.63) is 28.8 Å². The Balaban J connectivity index is 1.80. The summed E-state index contributed by atoms with van der Waals surface area (Å²) < 4.78 is 11.9. The number of ether oxygens (including phenoxy) is 2. The first-order valence-electron chi connectivity index (χ1n) is 10.1. The van der Waals surface area contributed by atoms with Crippen molar-refractivity contribution >= 4 is 45.4 Å². The second-order valence-corrected chi connectivity index (χ2v) is 9.09. The number of hydrogen-bond donors (Lipinski definition) is 1. The van der Waals surface area contributed by atoms with Crippen molar-refractivity contribution in [2.75, 3.05) is 0 Å². The monoisotopic (exact) mass is 461 g/mol. The minimum atomic E-state index is -1.14. The first-order chi connectivity index (χ1) is 15.0. The number of fused-ring (bicyclic) bond motifs is 2. The molecule has 1 amide bonds. The molecule has 1 saturated heterocycles. The lowest BCUT2D eigenvalue weighted by Crippen LogP contribution is -2.63. The molecule has 0 saturated carbocycles. The molecule has 4 rings (SSSR count). The van der Waals surface area contributed by atoms with Gasteiger partial charge in [0.25, 0.3) is 0 Å². The van der Waals surface area contributed by atoms with Gasteiger partial charge in [-0.2, -0.15) is 0 Å². The zero-order valence-electron chi connectivity index (χ0n) is 18.2. The van der Waals surface area contributed by atoms with Crippen LogP contribution < -0.4 is 0 Å². The third-order valence-electron chi connectivity index (χ3n) is 5.78. The normalized spacial score (nSPS) is 24.2. The van der Waals surface area contributed by atoms with E-state index in [0.717, 1.165) is 0 Å². The highest BCUT2D eigenvalue weighted by atomic mass is 32.1. The lowest BCUT2D eigenvalue weighted by Gasteiger charge is -2.46. The second kappa shape index (κ2) is 7.82. The van der Waals surface area contributed by atoms with Crippen molar-refractivity contribution in [2.45, 2.75) is 53.1 Å². The van der Waals surface area contributed by atoms with Crippen LogP contribution in [0.2, 0.25) is 0 Å². The van der Waals surface area contributed by atoms with Crippen molar-refractivity contribution in [1.82, 2.24) is 14.3 Å². The maximum Gasteiger partial charge on any atom is 0.358 e. The minimum Gasteiger partial charge on any atom is -0.426 e. The number of ketones is 1. The van der Waals surface area contributed by atoms with E-state index in [1.807, 2.05) is 6.92 Å². The topological polar surface area (TPSA) is 128 Å². The number of carbonyl (C=O) groups excluding carboxylic acids is 4. The van der Waals surface area contributed by atoms with Crippen molar-refractivity contribution in [2.24, 2.45) is 11.8 Å². The summed E-state index contributed by atoms with van der Waals surface area (Å²) in [7, 11) is 0. The number of β-lactam (4-membered cyclic amide) rings is 1. The van der Waals surface area contributed by atoms with E-state index in [-0.39, 0.29) is 23.3 Å². The van der Waals surface area contributed by atoms with Crippen molar-refractivity contribution in [3.8, 4) is 0 Å². The summed E-state index contributed by atoms with van der Waals surface area (Å²) in [4.78, 5) is 55.8. The summed E-state index contributed by atoms with van der Waals surface area (Å²) in [6.07, 6.45) is 1.25. The number of amides is 1. The molecule has 0 aliphatic carbocycles. The van der Waals surface area contributed by atoms with Crippen LogP contribution in [0.5, 0.6) is 0 Å². The zero-order valence-corrected chi connectivity index (χ0v) is 19.0. The first-order valence-corrected chi connectivity index (χ1v) is 11.0. The van der Waals surface area contributed by atoms with Crippen molar-refractivity contribution in [1.29, 1.82) is 0 Å². The molecule has 1 fully saturated rings. The van der Waals surface area contributed by atoms with Crippen molar-refractivity contribution in [3.63, 3.8) is 0 Å². The number of esters is 2. The van der Waals surface area contributed by atoms with E-state index in [1.165, 1.54) is 43.3 Å². The summed E-state index contributed by atoms with van der Waals surface area (Å²) in [5.74, 6) is -2.88. The van der Waals surface area contributed by atoms with Crippen LogP contribution in [-0.2, 0) is 23.9 Å². The fourth-order valence-electron chi connectivity index (χ4n) is 4.51. The molecule has 2 aliphatic rings. The molecule has 5 atom stereocenters. The molecule has 170 valence electrons. The van der Waals surface area contributed by atoms with Gasteiger partial charge >= 0.3 is 11.9 Å². The number of imidazole rings is 1. The van der Waals surface area contributed by atoms with Gasteiger partial charge in [-0.15, -0.1) is 11.3 Å². The van der Waals surface area contributed by atoms with E-state index in [4.69, 9.17) is 9.47 Å². The fraction of sp³-hybridized carbons (Fsp3) is 0.476. The number of thiazole rings is 1. The largest absolute Gasteiger partial charge is 0.426 e. The molecule has 2 aromatic rings. The first kappa shape index (κ1) is 22.2. The van der Waals surface area contributed by atoms with Gasteiger partial charge in [0.1, 0.15) is 22.5 Å². The smallest absolute Gasteiger partial charge is 0.358 e. The Labute approximate surface area is 187 Å². The molecule has 10 nitrogen and oxygen atoms in total. The summed E-state index contributed by atoms with van der Waals surface area (Å²) in [6.45, 7) is 7.46. The highest BCUT2D eigenvalue weighted by molar-refractivity contribution is 7.18. The highest BCUT2D eigenvalue weighted by Gasteiger charge is 2.60. The lowest BCUT2D eigenvalue weighted by atomic mass is 9.77. The molecular formula is C21H23N3O7S. The summed E-state index contributed by atoms with van der Waals surface area (Å²) in [5, 5.41) is 10.1. The summed E-state index contributed by atoms with van der Waals surface area (Å²) in [5.41, 5.74) is 0.960. The molecule has 1 unspecified atom stereocenters. The molecule has 4 heterocycles. The average molecular weight is 461 g/mol. The highest BCUT2D eigenvalue weighted by Crippen LogP contribution is 2.51. The quantitative estimate of drug-likeness (QED) is 0.298. The lowest BCUT2D eigenvalue weighted by molar-refractivity contribution is -0.184. The van der Waals surface area contributed by atoms with Gasteiger partial charge in [-0.1, -0.05) is 6.92 Å². The van der Waals surface area contributed by atoms with Crippen LogP contribution in [0, 0.1) is 11.8 Å². The average Bonchev–Trinajstić information content (AvgIpc) is 3.30. The van der Waals surface area contributed by atoms with Gasteiger partial charge in [-0.05, 0) is 6.92 Å². The Morgan fingerprint density at radius 3 is 2.50 bits per heavy atom. The zero-order chi connectivity index (χ0) is 23.5. The van der Waals surface area contributed by atoms with E-state index in [0.29, 0.717) is 21.0 Å². The summed E-state index contributed by atoms with van der Waals surface area (Å²) >= 11 is 1.28. The maximum atomic E-state index is 13.1. The van der Waals surface area contributed by atoms with Crippen LogP contribution in [0.3, 0.4) is 0 Å². The Kier molecular flexibility index (Phi) is 5.41. The van der Waals surface area contributed by atoms with Gasteiger partial charge in [-0.25, -0.2) is 9.78 Å². The van der Waals surface area contributed by atoms with Crippen LogP contribution in [-0.4, -0.2) is 61.5 Å². The molecule has 2 aromatic heterocycles. The molecule has 32 heavy (non-hydrogen) atoms. The molecule has 0 aromatic carbocycles. The number of Topliss-reactive ketones (excluding diaryl/α,β-unsaturated/α-hetero) is 1. The van der Waals surface area contributed by atoms with Crippen LogP contribution in [0.15, 0.2) is 18.2 Å². The number of aliphatic hydroxyl groups is 1. The minimum absolute atomic E-state index is 0.0604. The molecule has 1 N–H and O–H groups in total. The van der Waals surface area contributed by atoms with E-state index in [1.54, 1.807) is 17.5 Å². The number of aromatic nitrogens is 2. The van der Waals surface area contributed by atoms with E-state index in [2.05, 4.69) is 4.98 Å². The van der Waals surface area contributed by atoms with E-state index >= 15 is 0 Å². The second-order valence-electron chi connectivity index (χ2n) is 8.06. The van der Waals surface area contributed by atoms with Gasteiger partial charge in [0.2, 0.25) is 12.2 Å². The number of hydrogen-bond acceptors (Lipinski definition) is 9. The predicted octanol–water partition coefficient (Wildman–Crippen LogP) is 1.62. The third kappa shape index (κ3) is 3.32. The SMILES string of the molecule is CC(=O)OC(C)OC(=O)C1=C(c2cn3cnc(C(C)=O)c3s2)[C@H](C)[C@@H]2[C@@H]([C@@H](C)O)C(=O)N12. The van der Waals surface area contributed by atoms with Gasteiger partial charge in [0, 0.05) is 38.5 Å². The molecule has 2 aliphatic heterocycles. The third-order valence-corrected chi connectivity index (χ3v) is 6.92. The van der Waals surface area contributed by atoms with E-state index in [9.17, 15) is 24.3 Å². The van der Waals surface area contributed by atoms with Gasteiger partial charge < -0.3 is 19.5 Å². The molecule has 0 bridgehead atoms. The Morgan fingerprint density at radius 2 is 1.91 bits per heavy atom. The predicted molar refractivity (Wildman–Crippen MR) is 112 cm³/mol. The maximum absolute atomic E-state index is 13.1. The molecular weight excluding hydrogens is 438 g/mol. The van der Waals surface area contributed by atoms with Crippen LogP contribution in [0.4, 0.5) is 0 Å². The number of aliphatic hydroxyl groups excluding tert-OH is 1. The molecule has 0 radical (unpaired) electrons. The Bertz CT molecular complexity index is 1180. The molecule has 0 spiro atoms. The van der Waals surface area contributed by atoms with Crippen molar-refractivity contribution < 1.29 is 33.8 Å². The van der Waals surface area contributed by atoms with Crippen LogP contribution >= 0.6 is 11.3 Å². The number of carbonyl (C=O) groups is 4. The standard InChI is InChI=1S/C21H23N3O7S/c1-8-14(13-6-23-7-22-16(10(3)26)20(23)32-13)18(21(29)31-12(5)30-11(4)27)24-17(8)15(9(2)25)19(24)28/h6-9,12,15,17,25H,1-5H3/t8-,9+,12?,15+,17+/m0/s1. The fourth-order valence-corrected chi connectivity index (χ4v) is 5.78. The van der Waals surface area contributed by atoms with E-state index < -0.39 is 36.3 Å². The Hall–Kier alpha value is -3.05. The number of rotatable bonds is 6.